The fraction of sp³-hybridized carbons (Fsp3) is 0. The van der Waals surface area contributed by atoms with Crippen molar-refractivity contribution in [3.63, 3.8) is 0 Å². The van der Waals surface area contributed by atoms with Gasteiger partial charge in [0.15, 0.2) is 0 Å². The van der Waals surface area contributed by atoms with Gasteiger partial charge in [0.25, 0.3) is 0 Å². The molecule has 0 fully saturated rings. The SMILES string of the molecule is Clc1ccc2ccc(Nc3ccc4cc[nH]c4c3)nc2c1Cl. The highest BCUT2D eigenvalue weighted by Crippen LogP contribution is 2.31. The summed E-state index contributed by atoms with van der Waals surface area (Å²) in [6.45, 7) is 0. The summed E-state index contributed by atoms with van der Waals surface area (Å²) in [6, 6.07) is 15.7. The van der Waals surface area contributed by atoms with Crippen LogP contribution < -0.4 is 5.32 Å². The van der Waals surface area contributed by atoms with Gasteiger partial charge in [-0.05, 0) is 41.8 Å². The van der Waals surface area contributed by atoms with Crippen LogP contribution in [-0.4, -0.2) is 9.97 Å². The fourth-order valence-electron chi connectivity index (χ4n) is 2.47. The quantitative estimate of drug-likeness (QED) is 0.491. The molecule has 5 heteroatoms. The molecule has 0 saturated carbocycles. The first-order valence-electron chi connectivity index (χ1n) is 6.80. The van der Waals surface area contributed by atoms with Crippen molar-refractivity contribution in [3.8, 4) is 0 Å². The standard InChI is InChI=1S/C17H11Cl2N3/c18-13-5-2-11-3-6-15(22-17(11)16(13)19)21-12-4-1-10-7-8-20-14(10)9-12/h1-9,20H,(H,21,22). The smallest absolute Gasteiger partial charge is 0.131 e. The molecule has 0 saturated heterocycles. The maximum Gasteiger partial charge on any atom is 0.131 e. The fourth-order valence-corrected chi connectivity index (χ4v) is 2.84. The van der Waals surface area contributed by atoms with Crippen LogP contribution in [0.4, 0.5) is 11.5 Å². The molecular formula is C17H11Cl2N3. The van der Waals surface area contributed by atoms with Gasteiger partial charge in [-0.2, -0.15) is 0 Å². The molecule has 0 radical (unpaired) electrons. The van der Waals surface area contributed by atoms with Gasteiger partial charge in [0.1, 0.15) is 5.82 Å². The summed E-state index contributed by atoms with van der Waals surface area (Å²) in [5.41, 5.74) is 2.73. The van der Waals surface area contributed by atoms with Crippen molar-refractivity contribution in [2.24, 2.45) is 0 Å². The largest absolute Gasteiger partial charge is 0.361 e. The summed E-state index contributed by atoms with van der Waals surface area (Å²) in [7, 11) is 0. The Hall–Kier alpha value is -2.23. The minimum absolute atomic E-state index is 0.475. The highest BCUT2D eigenvalue weighted by atomic mass is 35.5. The highest BCUT2D eigenvalue weighted by Gasteiger charge is 2.07. The number of H-pyrrole nitrogens is 1. The zero-order valence-electron chi connectivity index (χ0n) is 11.4. The monoisotopic (exact) mass is 327 g/mol. The van der Waals surface area contributed by atoms with Gasteiger partial charge < -0.3 is 10.3 Å². The summed E-state index contributed by atoms with van der Waals surface area (Å²) in [5, 5.41) is 6.40. The molecule has 108 valence electrons. The number of hydrogen-bond donors (Lipinski definition) is 2. The van der Waals surface area contributed by atoms with E-state index in [0.717, 1.165) is 22.4 Å². The topological polar surface area (TPSA) is 40.7 Å². The van der Waals surface area contributed by atoms with E-state index in [0.29, 0.717) is 15.6 Å². The molecule has 3 nitrogen and oxygen atoms in total. The summed E-state index contributed by atoms with van der Waals surface area (Å²) in [4.78, 5) is 7.75. The Bertz CT molecular complexity index is 992. The molecule has 2 aromatic heterocycles. The van der Waals surface area contributed by atoms with Gasteiger partial charge in [0.05, 0.1) is 15.6 Å². The molecule has 2 aromatic carbocycles. The number of pyridine rings is 1. The van der Waals surface area contributed by atoms with Crippen LogP contribution in [0, 0.1) is 0 Å². The molecule has 0 aliphatic heterocycles. The van der Waals surface area contributed by atoms with Crippen LogP contribution in [0.3, 0.4) is 0 Å². The summed E-state index contributed by atoms with van der Waals surface area (Å²) >= 11 is 12.3. The van der Waals surface area contributed by atoms with Crippen LogP contribution in [0.2, 0.25) is 10.0 Å². The lowest BCUT2D eigenvalue weighted by molar-refractivity contribution is 1.37. The van der Waals surface area contributed by atoms with Gasteiger partial charge in [-0.25, -0.2) is 4.98 Å². The Morgan fingerprint density at radius 1 is 0.909 bits per heavy atom. The molecule has 4 aromatic rings. The minimum atomic E-state index is 0.475. The third-order valence-electron chi connectivity index (χ3n) is 3.58. The Morgan fingerprint density at radius 2 is 1.73 bits per heavy atom. The van der Waals surface area contributed by atoms with Crippen molar-refractivity contribution in [2.45, 2.75) is 0 Å². The number of nitrogens with zero attached hydrogens (tertiary/aromatic N) is 1. The molecule has 0 atom stereocenters. The second kappa shape index (κ2) is 5.20. The van der Waals surface area contributed by atoms with E-state index < -0.39 is 0 Å². The van der Waals surface area contributed by atoms with Crippen molar-refractivity contribution in [2.75, 3.05) is 5.32 Å². The zero-order chi connectivity index (χ0) is 15.1. The van der Waals surface area contributed by atoms with Gasteiger partial charge in [-0.1, -0.05) is 35.3 Å². The number of nitrogens with one attached hydrogen (secondary N) is 2. The number of anilines is 2. The average Bonchev–Trinajstić information content (AvgIpc) is 2.99. The first-order valence-corrected chi connectivity index (χ1v) is 7.55. The van der Waals surface area contributed by atoms with E-state index in [4.69, 9.17) is 23.2 Å². The first kappa shape index (κ1) is 13.4. The number of aromatic nitrogens is 2. The van der Waals surface area contributed by atoms with Gasteiger partial charge in [-0.15, -0.1) is 0 Å². The van der Waals surface area contributed by atoms with Crippen LogP contribution in [0.15, 0.2) is 54.7 Å². The second-order valence-corrected chi connectivity index (χ2v) is 5.82. The number of aromatic amines is 1. The van der Waals surface area contributed by atoms with Crippen molar-refractivity contribution in [1.82, 2.24) is 9.97 Å². The Kier molecular flexibility index (Phi) is 3.17. The van der Waals surface area contributed by atoms with Crippen LogP contribution in [0.5, 0.6) is 0 Å². The minimum Gasteiger partial charge on any atom is -0.361 e. The molecule has 0 bridgehead atoms. The second-order valence-electron chi connectivity index (χ2n) is 5.03. The predicted octanol–water partition coefficient (Wildman–Crippen LogP) is 5.77. The molecular weight excluding hydrogens is 317 g/mol. The Morgan fingerprint density at radius 3 is 2.64 bits per heavy atom. The van der Waals surface area contributed by atoms with E-state index in [1.54, 1.807) is 6.07 Å². The third-order valence-corrected chi connectivity index (χ3v) is 4.37. The van der Waals surface area contributed by atoms with Crippen molar-refractivity contribution >= 4 is 56.5 Å². The number of halogens is 2. The lowest BCUT2D eigenvalue weighted by atomic mass is 10.2. The van der Waals surface area contributed by atoms with Crippen LogP contribution >= 0.6 is 23.2 Å². The van der Waals surface area contributed by atoms with Crippen molar-refractivity contribution in [1.29, 1.82) is 0 Å². The zero-order valence-corrected chi connectivity index (χ0v) is 12.9. The van der Waals surface area contributed by atoms with E-state index in [1.807, 2.05) is 42.6 Å². The van der Waals surface area contributed by atoms with Gasteiger partial charge >= 0.3 is 0 Å². The molecule has 22 heavy (non-hydrogen) atoms. The van der Waals surface area contributed by atoms with Crippen LogP contribution in [0.1, 0.15) is 0 Å². The molecule has 4 rings (SSSR count). The highest BCUT2D eigenvalue weighted by molar-refractivity contribution is 6.45. The number of hydrogen-bond acceptors (Lipinski definition) is 2. The molecule has 2 heterocycles. The van der Waals surface area contributed by atoms with E-state index in [-0.39, 0.29) is 0 Å². The number of fused-ring (bicyclic) bond motifs is 2. The van der Waals surface area contributed by atoms with Crippen molar-refractivity contribution in [3.05, 3.63) is 64.8 Å². The van der Waals surface area contributed by atoms with Crippen molar-refractivity contribution < 1.29 is 0 Å². The summed E-state index contributed by atoms with van der Waals surface area (Å²) < 4.78 is 0. The summed E-state index contributed by atoms with van der Waals surface area (Å²) in [5.74, 6) is 0.725. The maximum absolute atomic E-state index is 6.24. The Labute approximate surface area is 136 Å². The molecule has 0 aliphatic carbocycles. The van der Waals surface area contributed by atoms with Gasteiger partial charge in [0.2, 0.25) is 0 Å². The van der Waals surface area contributed by atoms with Crippen LogP contribution in [-0.2, 0) is 0 Å². The first-order chi connectivity index (χ1) is 10.7. The van der Waals surface area contributed by atoms with E-state index in [1.165, 1.54) is 5.39 Å². The maximum atomic E-state index is 6.24. The normalized spacial score (nSPS) is 11.2. The van der Waals surface area contributed by atoms with E-state index in [2.05, 4.69) is 21.4 Å². The van der Waals surface area contributed by atoms with Gasteiger partial charge in [0, 0.05) is 22.8 Å². The lowest BCUT2D eigenvalue weighted by Gasteiger charge is -2.08. The molecule has 0 spiro atoms. The van der Waals surface area contributed by atoms with E-state index >= 15 is 0 Å². The number of benzene rings is 2. The third kappa shape index (κ3) is 2.28. The molecule has 0 unspecified atom stereocenters. The predicted molar refractivity (Wildman–Crippen MR) is 93.3 cm³/mol. The molecule has 0 amide bonds. The summed E-state index contributed by atoms with van der Waals surface area (Å²) in [6.07, 6.45) is 1.92. The average molecular weight is 328 g/mol. The molecule has 2 N–H and O–H groups in total. The van der Waals surface area contributed by atoms with Crippen LogP contribution in [0.25, 0.3) is 21.8 Å². The van der Waals surface area contributed by atoms with E-state index in [9.17, 15) is 0 Å². The Balaban J connectivity index is 1.75. The van der Waals surface area contributed by atoms with Gasteiger partial charge in [-0.3, -0.25) is 0 Å². The lowest BCUT2D eigenvalue weighted by Crippen LogP contribution is -1.94. The molecule has 0 aliphatic rings. The number of rotatable bonds is 2.